The maximum Gasteiger partial charge on any atom is 0.521 e. The molecule has 0 bridgehead atoms. The molecule has 0 fully saturated rings. The lowest BCUT2D eigenvalue weighted by atomic mass is 11.5. The van der Waals surface area contributed by atoms with Gasteiger partial charge in [-0.15, -0.1) is 0 Å². The average molecular weight is 126 g/mol. The van der Waals surface area contributed by atoms with Crippen LogP contribution in [0.5, 0.6) is 0 Å². The van der Waals surface area contributed by atoms with Crippen molar-refractivity contribution >= 4 is 17.5 Å². The van der Waals surface area contributed by atoms with Gasteiger partial charge in [-0.2, -0.15) is 4.21 Å². The normalized spacial score (nSPS) is 12.7. The fourth-order valence-corrected chi connectivity index (χ4v) is 0.183. The van der Waals surface area contributed by atoms with E-state index in [0.717, 1.165) is 0 Å². The molecular weight excluding hydrogens is 124 g/mol. The number of carbonyl (C=O) groups is 1. The first-order valence-electron chi connectivity index (χ1n) is 1.15. The molecule has 2 N–H and O–H groups in total. The molecule has 0 rings (SSSR count). The molecule has 0 aliphatic rings. The Balaban J connectivity index is 3.32. The molecular formula is CH2O5S. The van der Waals surface area contributed by atoms with Gasteiger partial charge in [-0.05, 0) is 0 Å². The summed E-state index contributed by atoms with van der Waals surface area (Å²) in [6, 6.07) is 0. The third-order valence-electron chi connectivity index (χ3n) is 0.143. The molecule has 1 atom stereocenters. The molecule has 0 aromatic carbocycles. The van der Waals surface area contributed by atoms with E-state index >= 15 is 0 Å². The third-order valence-corrected chi connectivity index (χ3v) is 0.428. The van der Waals surface area contributed by atoms with Crippen LogP contribution in [0.15, 0.2) is 0 Å². The number of carboxylic acid groups (broad SMARTS) is 1. The van der Waals surface area contributed by atoms with E-state index < -0.39 is 17.5 Å². The molecule has 0 radical (unpaired) electrons. The second-order valence-electron chi connectivity index (χ2n) is 0.566. The van der Waals surface area contributed by atoms with E-state index in [4.69, 9.17) is 9.66 Å². The Hall–Kier alpha value is -0.620. The van der Waals surface area contributed by atoms with Crippen LogP contribution in [0.3, 0.4) is 0 Å². The summed E-state index contributed by atoms with van der Waals surface area (Å²) in [7, 11) is 0. The van der Waals surface area contributed by atoms with Gasteiger partial charge in [0.1, 0.15) is 0 Å². The van der Waals surface area contributed by atoms with Gasteiger partial charge in [0.15, 0.2) is 0 Å². The van der Waals surface area contributed by atoms with E-state index in [1.54, 1.807) is 0 Å². The first-order chi connectivity index (χ1) is 3.13. The van der Waals surface area contributed by atoms with Gasteiger partial charge in [0, 0.05) is 0 Å². The summed E-state index contributed by atoms with van der Waals surface area (Å²) in [5, 5.41) is 7.51. The van der Waals surface area contributed by atoms with Gasteiger partial charge in [-0.25, -0.2) is 4.79 Å². The van der Waals surface area contributed by atoms with Crippen molar-refractivity contribution in [3.05, 3.63) is 0 Å². The minimum absolute atomic E-state index is 1.76. The number of hydrogen-bond acceptors (Lipinski definition) is 3. The molecule has 0 saturated heterocycles. The van der Waals surface area contributed by atoms with E-state index in [2.05, 4.69) is 4.18 Å². The Labute approximate surface area is 41.4 Å². The maximum atomic E-state index is 9.32. The Morgan fingerprint density at radius 3 is 2.14 bits per heavy atom. The van der Waals surface area contributed by atoms with Gasteiger partial charge in [-0.1, -0.05) is 0 Å². The first-order valence-corrected chi connectivity index (χ1v) is 2.18. The van der Waals surface area contributed by atoms with E-state index in [1.165, 1.54) is 0 Å². The van der Waals surface area contributed by atoms with Gasteiger partial charge in [0.2, 0.25) is 0 Å². The molecule has 42 valence electrons. The predicted octanol–water partition coefficient (Wildman–Crippen LogP) is -0.182. The summed E-state index contributed by atoms with van der Waals surface area (Å²) in [4.78, 5) is 9.23. The van der Waals surface area contributed by atoms with Gasteiger partial charge in [0.05, 0.1) is 0 Å². The molecule has 7 heavy (non-hydrogen) atoms. The van der Waals surface area contributed by atoms with Crippen LogP contribution in [-0.4, -0.2) is 20.0 Å². The maximum absolute atomic E-state index is 9.32. The van der Waals surface area contributed by atoms with Crippen LogP contribution in [0.1, 0.15) is 0 Å². The molecule has 0 aromatic heterocycles. The van der Waals surface area contributed by atoms with Crippen LogP contribution in [0, 0.1) is 0 Å². The molecule has 0 spiro atoms. The summed E-state index contributed by atoms with van der Waals surface area (Å²) in [6.07, 6.45) is -1.76. The second kappa shape index (κ2) is 2.54. The fourth-order valence-electron chi connectivity index (χ4n) is 0.0610. The van der Waals surface area contributed by atoms with Crippen LogP contribution in [0.2, 0.25) is 0 Å². The molecule has 0 aliphatic heterocycles. The van der Waals surface area contributed by atoms with E-state index in [9.17, 15) is 9.00 Å². The Morgan fingerprint density at radius 2 is 2.14 bits per heavy atom. The molecule has 0 saturated carbocycles. The SMILES string of the molecule is O=C(O)OS(=O)O. The van der Waals surface area contributed by atoms with Crippen LogP contribution < -0.4 is 0 Å². The molecule has 0 amide bonds. The van der Waals surface area contributed by atoms with Crippen molar-refractivity contribution in [2.45, 2.75) is 0 Å². The van der Waals surface area contributed by atoms with E-state index in [-0.39, 0.29) is 0 Å². The highest BCUT2D eigenvalue weighted by molar-refractivity contribution is 7.74. The lowest BCUT2D eigenvalue weighted by Crippen LogP contribution is -2.01. The second-order valence-corrected chi connectivity index (χ2v) is 1.17. The number of hydrogen-bond donors (Lipinski definition) is 2. The third kappa shape index (κ3) is 5.38. The Morgan fingerprint density at radius 1 is 1.71 bits per heavy atom. The first kappa shape index (κ1) is 6.38. The highest BCUT2D eigenvalue weighted by Gasteiger charge is 1.98. The van der Waals surface area contributed by atoms with Crippen LogP contribution in [-0.2, 0) is 15.5 Å². The highest BCUT2D eigenvalue weighted by atomic mass is 32.2. The monoisotopic (exact) mass is 126 g/mol. The van der Waals surface area contributed by atoms with E-state index in [0.29, 0.717) is 0 Å². The van der Waals surface area contributed by atoms with Crippen LogP contribution >= 0.6 is 0 Å². The molecule has 1 unspecified atom stereocenters. The van der Waals surface area contributed by atoms with Crippen molar-refractivity contribution in [1.29, 1.82) is 0 Å². The largest absolute Gasteiger partial charge is 0.521 e. The van der Waals surface area contributed by atoms with Gasteiger partial charge >= 0.3 is 17.5 Å². The van der Waals surface area contributed by atoms with Crippen LogP contribution in [0.25, 0.3) is 0 Å². The van der Waals surface area contributed by atoms with Gasteiger partial charge < -0.3 is 9.29 Å². The topological polar surface area (TPSA) is 83.8 Å². The Kier molecular flexibility index (Phi) is 2.31. The fraction of sp³-hybridized carbons (Fsp3) is 0. The lowest BCUT2D eigenvalue weighted by molar-refractivity contribution is 0.146. The van der Waals surface area contributed by atoms with Crippen molar-refractivity contribution in [3.8, 4) is 0 Å². The molecule has 6 heteroatoms. The zero-order valence-corrected chi connectivity index (χ0v) is 3.84. The van der Waals surface area contributed by atoms with Crippen molar-refractivity contribution in [2.75, 3.05) is 0 Å². The molecule has 0 aliphatic carbocycles. The highest BCUT2D eigenvalue weighted by Crippen LogP contribution is 1.76. The van der Waals surface area contributed by atoms with Gasteiger partial charge in [0.25, 0.3) is 0 Å². The number of rotatable bonds is 1. The van der Waals surface area contributed by atoms with Crippen molar-refractivity contribution < 1.29 is 22.8 Å². The molecule has 0 heterocycles. The zero-order chi connectivity index (χ0) is 5.86. The zero-order valence-electron chi connectivity index (χ0n) is 3.03. The lowest BCUT2D eigenvalue weighted by Gasteiger charge is -1.84. The molecule has 5 nitrogen and oxygen atoms in total. The van der Waals surface area contributed by atoms with E-state index in [1.807, 2.05) is 0 Å². The van der Waals surface area contributed by atoms with Crippen molar-refractivity contribution in [1.82, 2.24) is 0 Å². The van der Waals surface area contributed by atoms with Crippen molar-refractivity contribution in [2.24, 2.45) is 0 Å². The Bertz CT molecular complexity index is 84.3. The minimum atomic E-state index is -2.70. The summed E-state index contributed by atoms with van der Waals surface area (Å²) in [5.74, 6) is 0. The quantitative estimate of drug-likeness (QED) is 0.476. The van der Waals surface area contributed by atoms with Crippen LogP contribution in [0.4, 0.5) is 4.79 Å². The van der Waals surface area contributed by atoms with Gasteiger partial charge in [-0.3, -0.25) is 4.55 Å². The molecule has 0 aromatic rings. The predicted molar refractivity (Wildman–Crippen MR) is 19.9 cm³/mol. The summed E-state index contributed by atoms with van der Waals surface area (Å²) in [5.41, 5.74) is 0. The summed E-state index contributed by atoms with van der Waals surface area (Å²) < 4.78 is 20.1. The summed E-state index contributed by atoms with van der Waals surface area (Å²) >= 11 is -2.70. The minimum Gasteiger partial charge on any atom is -0.449 e. The smallest absolute Gasteiger partial charge is 0.449 e. The van der Waals surface area contributed by atoms with Crippen molar-refractivity contribution in [3.63, 3.8) is 0 Å². The average Bonchev–Trinajstić information content (AvgIpc) is 1.27. The standard InChI is InChI=1S/CH2O5S/c2-1(3)6-7(4)5/h(H,2,3)(H,4,5). The summed E-state index contributed by atoms with van der Waals surface area (Å²) in [6.45, 7) is 0.